The number of sulfone groups is 1. The molecular weight excluding hydrogens is 534 g/mol. The summed E-state index contributed by atoms with van der Waals surface area (Å²) in [6.07, 6.45) is 10.3. The van der Waals surface area contributed by atoms with Gasteiger partial charge in [-0.1, -0.05) is 48.5 Å². The lowest BCUT2D eigenvalue weighted by Gasteiger charge is -2.38. The predicted molar refractivity (Wildman–Crippen MR) is 154 cm³/mol. The van der Waals surface area contributed by atoms with Gasteiger partial charge in [-0.3, -0.25) is 9.69 Å². The lowest BCUT2D eigenvalue weighted by atomic mass is 10.0. The maximum absolute atomic E-state index is 12.9. The van der Waals surface area contributed by atoms with Crippen LogP contribution < -0.4 is 0 Å². The molecule has 1 heterocycles. The zero-order chi connectivity index (χ0) is 28.0. The van der Waals surface area contributed by atoms with Crippen LogP contribution in [0.1, 0.15) is 11.1 Å². The summed E-state index contributed by atoms with van der Waals surface area (Å²) in [6, 6.07) is 15.9. The third-order valence-electron chi connectivity index (χ3n) is 7.01. The molecule has 1 saturated heterocycles. The summed E-state index contributed by atoms with van der Waals surface area (Å²) >= 11 is 0. The molecule has 2 aliphatic rings. The van der Waals surface area contributed by atoms with Crippen LogP contribution in [0.3, 0.4) is 0 Å². The minimum atomic E-state index is -3.30. The van der Waals surface area contributed by atoms with Gasteiger partial charge in [0.25, 0.3) is 0 Å². The van der Waals surface area contributed by atoms with E-state index in [1.165, 1.54) is 28.7 Å². The van der Waals surface area contributed by atoms with Crippen LogP contribution in [0.4, 0.5) is 0 Å². The molecule has 1 aliphatic heterocycles. The van der Waals surface area contributed by atoms with Crippen molar-refractivity contribution >= 4 is 37.0 Å². The number of likely N-dealkylation sites (N-methyl/N-ethyl adjacent to an activating group) is 1. The van der Waals surface area contributed by atoms with Crippen molar-refractivity contribution in [3.63, 3.8) is 0 Å². The molecule has 2 aromatic carbocycles. The van der Waals surface area contributed by atoms with Crippen LogP contribution in [0.25, 0.3) is 6.08 Å². The first-order valence-electron chi connectivity index (χ1n) is 12.7. The van der Waals surface area contributed by atoms with E-state index in [1.54, 1.807) is 37.4 Å². The highest BCUT2D eigenvalue weighted by molar-refractivity contribution is 7.90. The Kier molecular flexibility index (Phi) is 9.21. The van der Waals surface area contributed by atoms with Crippen molar-refractivity contribution in [2.45, 2.75) is 17.4 Å². The first-order chi connectivity index (χ1) is 18.6. The topological polar surface area (TPSA) is 95.1 Å². The first kappa shape index (κ1) is 28.5. The number of nitrogens with zero attached hydrogens (tertiary/aromatic N) is 3. The third kappa shape index (κ3) is 7.56. The Hall–Kier alpha value is -3.47. The van der Waals surface area contributed by atoms with Crippen LogP contribution in [-0.2, 0) is 31.3 Å². The monoisotopic (exact) mass is 567 g/mol. The fourth-order valence-corrected chi connectivity index (χ4v) is 5.92. The molecule has 0 bridgehead atoms. The molecule has 8 nitrogen and oxygen atoms in total. The average molecular weight is 568 g/mol. The molecule has 1 atom stereocenters. The van der Waals surface area contributed by atoms with Gasteiger partial charge in [-0.05, 0) is 47.9 Å². The average Bonchev–Trinajstić information content (AvgIpc) is 2.94. The van der Waals surface area contributed by atoms with E-state index in [2.05, 4.69) is 34.1 Å². The number of allylic oxidation sites excluding steroid dienone is 1. The lowest BCUT2D eigenvalue weighted by molar-refractivity contribution is -0.125. The molecule has 1 amide bonds. The van der Waals surface area contributed by atoms with Crippen LogP contribution in [0.5, 0.6) is 0 Å². The fraction of sp³-hybridized carbons (Fsp3) is 0.310. The van der Waals surface area contributed by atoms with Crippen LogP contribution in [0, 0.1) is 0 Å². The van der Waals surface area contributed by atoms with Gasteiger partial charge in [0.1, 0.15) is 4.86 Å². The van der Waals surface area contributed by atoms with Gasteiger partial charge < -0.3 is 9.80 Å². The minimum absolute atomic E-state index is 0.140. The van der Waals surface area contributed by atoms with E-state index in [-0.39, 0.29) is 15.7 Å². The van der Waals surface area contributed by atoms with Crippen molar-refractivity contribution in [2.75, 3.05) is 46.0 Å². The molecule has 0 spiro atoms. The number of rotatable bonds is 8. The second-order valence-electron chi connectivity index (χ2n) is 9.70. The van der Waals surface area contributed by atoms with Crippen LogP contribution in [0.2, 0.25) is 0 Å². The first-order valence-corrected chi connectivity index (χ1v) is 15.7. The third-order valence-corrected chi connectivity index (χ3v) is 8.88. The highest BCUT2D eigenvalue weighted by atomic mass is 32.2. The molecule has 0 saturated carbocycles. The van der Waals surface area contributed by atoms with Crippen molar-refractivity contribution in [1.82, 2.24) is 14.7 Å². The Morgan fingerprint density at radius 3 is 2.31 bits per heavy atom. The molecule has 39 heavy (non-hydrogen) atoms. The van der Waals surface area contributed by atoms with Crippen molar-refractivity contribution in [2.24, 2.45) is 0 Å². The quantitative estimate of drug-likeness (QED) is 0.357. The molecule has 4 rings (SSSR count). The molecule has 0 radical (unpaired) electrons. The van der Waals surface area contributed by atoms with Gasteiger partial charge in [0.2, 0.25) is 16.2 Å². The lowest BCUT2D eigenvalue weighted by Crippen LogP contribution is -2.47. The highest BCUT2D eigenvalue weighted by Crippen LogP contribution is 2.19. The van der Waals surface area contributed by atoms with Crippen LogP contribution in [0.15, 0.2) is 89.5 Å². The number of benzene rings is 2. The number of hydrogen-bond donors (Lipinski definition) is 0. The summed E-state index contributed by atoms with van der Waals surface area (Å²) in [4.78, 5) is 19.2. The van der Waals surface area contributed by atoms with Gasteiger partial charge in [0.05, 0.1) is 10.9 Å². The van der Waals surface area contributed by atoms with Gasteiger partial charge in [0.15, 0.2) is 9.84 Å². The molecule has 206 valence electrons. The van der Waals surface area contributed by atoms with Crippen LogP contribution >= 0.6 is 0 Å². The van der Waals surface area contributed by atoms with Gasteiger partial charge in [0, 0.05) is 57.8 Å². The summed E-state index contributed by atoms with van der Waals surface area (Å²) in [5, 5.41) is 0. The summed E-state index contributed by atoms with van der Waals surface area (Å²) in [7, 11) is -4.24. The molecule has 10 heteroatoms. The highest BCUT2D eigenvalue weighted by Gasteiger charge is 2.27. The molecule has 2 aromatic rings. The smallest absolute Gasteiger partial charge is 0.247 e. The maximum atomic E-state index is 12.9. The Morgan fingerprint density at radius 2 is 1.69 bits per heavy atom. The number of carbonyl (C=O) groups excluding carboxylic acids is 1. The van der Waals surface area contributed by atoms with Crippen molar-refractivity contribution in [3.8, 4) is 0 Å². The molecule has 0 aromatic heterocycles. The number of piperazine rings is 1. The van der Waals surface area contributed by atoms with Crippen molar-refractivity contribution < 1.29 is 21.6 Å². The standard InChI is InChI=1S/C29H33N3O5S2/c1-30(29(33)15-10-24-8-12-26(13-9-24)39(2,36)37)27-14-11-25(22-28(27)38(34)35)32-20-18-31(19-21-32)17-16-23-6-4-3-5-7-23/h3-15,22,27H,16-21H2,1-2H3. The van der Waals surface area contributed by atoms with Crippen molar-refractivity contribution in [3.05, 3.63) is 95.7 Å². The number of amides is 1. The summed E-state index contributed by atoms with van der Waals surface area (Å²) in [5.41, 5.74) is 2.81. The van der Waals surface area contributed by atoms with Gasteiger partial charge in [-0.15, -0.1) is 0 Å². The fourth-order valence-electron chi connectivity index (χ4n) is 4.64. The zero-order valence-corrected chi connectivity index (χ0v) is 23.7. The van der Waals surface area contributed by atoms with E-state index in [4.69, 9.17) is 0 Å². The SMILES string of the molecule is CN(C(=O)C=Cc1ccc(S(C)(=O)=O)cc1)C1C=CC(N2CCN(CCc3ccccc3)CC2)=CC1=S(=O)=O. The Labute approximate surface area is 232 Å². The molecule has 1 unspecified atom stereocenters. The van der Waals surface area contributed by atoms with Crippen LogP contribution in [-0.4, -0.2) is 94.4 Å². The van der Waals surface area contributed by atoms with Gasteiger partial charge >= 0.3 is 0 Å². The number of carbonyl (C=O) groups is 1. The second kappa shape index (κ2) is 12.6. The normalized spacial score (nSPS) is 18.3. The van der Waals surface area contributed by atoms with E-state index in [1.807, 2.05) is 12.1 Å². The Balaban J connectivity index is 1.36. The molecular formula is C29H33N3O5S2. The Bertz CT molecular complexity index is 1510. The van der Waals surface area contributed by atoms with E-state index < -0.39 is 26.2 Å². The maximum Gasteiger partial charge on any atom is 0.247 e. The second-order valence-corrected chi connectivity index (χ2v) is 12.7. The molecule has 0 N–H and O–H groups in total. The molecule has 1 fully saturated rings. The van der Waals surface area contributed by atoms with E-state index in [9.17, 15) is 21.6 Å². The zero-order valence-electron chi connectivity index (χ0n) is 22.1. The summed E-state index contributed by atoms with van der Waals surface area (Å²) in [6.45, 7) is 4.37. The predicted octanol–water partition coefficient (Wildman–Crippen LogP) is 2.30. The number of hydrogen-bond acceptors (Lipinski definition) is 7. The van der Waals surface area contributed by atoms with E-state index >= 15 is 0 Å². The molecule has 1 aliphatic carbocycles. The van der Waals surface area contributed by atoms with E-state index in [0.29, 0.717) is 5.56 Å². The summed E-state index contributed by atoms with van der Waals surface area (Å²) in [5.74, 6) is -0.372. The van der Waals surface area contributed by atoms with E-state index in [0.717, 1.165) is 51.1 Å². The van der Waals surface area contributed by atoms with Crippen molar-refractivity contribution in [1.29, 1.82) is 0 Å². The van der Waals surface area contributed by atoms with Gasteiger partial charge in [-0.2, -0.15) is 8.42 Å². The largest absolute Gasteiger partial charge is 0.369 e. The van der Waals surface area contributed by atoms with Gasteiger partial charge in [-0.25, -0.2) is 8.42 Å². The Morgan fingerprint density at radius 1 is 1.03 bits per heavy atom. The minimum Gasteiger partial charge on any atom is -0.369 e. The summed E-state index contributed by atoms with van der Waals surface area (Å²) < 4.78 is 47.5.